The van der Waals surface area contributed by atoms with Gasteiger partial charge < -0.3 is 9.47 Å². The summed E-state index contributed by atoms with van der Waals surface area (Å²) in [6.45, 7) is 0. The Labute approximate surface area is 211 Å². The average molecular weight is 722 g/mol. The lowest BCUT2D eigenvalue weighted by Crippen LogP contribution is -2.17. The van der Waals surface area contributed by atoms with Crippen LogP contribution in [0, 0.1) is 30.4 Å². The van der Waals surface area contributed by atoms with Crippen molar-refractivity contribution in [3.8, 4) is 33.8 Å². The highest BCUT2D eigenvalue weighted by Gasteiger charge is 2.33. The first-order valence-corrected chi connectivity index (χ1v) is 10.7. The first kappa shape index (κ1) is 26.6. The van der Waals surface area contributed by atoms with E-state index in [0.29, 0.717) is 24.3 Å². The molecule has 0 heterocycles. The number of hydrogen-bond acceptors (Lipinski definition) is 2. The highest BCUT2D eigenvalue weighted by molar-refractivity contribution is 14.1. The van der Waals surface area contributed by atoms with Crippen LogP contribution in [0.4, 0.5) is 43.9 Å². The molecule has 182 valence electrons. The van der Waals surface area contributed by atoms with Crippen LogP contribution in [-0.4, -0.2) is 12.7 Å². The van der Waals surface area contributed by atoms with Gasteiger partial charge in [-0.05, 0) is 69.4 Å². The SMILES string of the molecule is Fc1cc(OC(F)(F)F)ccc1-c1c(F)c(I)c(-c2ccc(OC(F)(F)F)cc2F)c(F)c1I. The van der Waals surface area contributed by atoms with Crippen molar-refractivity contribution in [1.82, 2.24) is 0 Å². The largest absolute Gasteiger partial charge is 0.573 e. The molecule has 0 saturated heterocycles. The van der Waals surface area contributed by atoms with Gasteiger partial charge in [-0.2, -0.15) is 0 Å². The van der Waals surface area contributed by atoms with Crippen LogP contribution in [0.25, 0.3) is 22.3 Å². The monoisotopic (exact) mass is 722 g/mol. The standard InChI is InChI=1S/C20H6F10I2O2/c21-11-5-7(33-19(25,26)27)1-3-9(11)13-15(23)18(32)14(16(24)17(13)31)10-4-2-8(6-12(10)22)34-20(28,29)30/h1-6H. The lowest BCUT2D eigenvalue weighted by Gasteiger charge is -2.17. The van der Waals surface area contributed by atoms with Crippen LogP contribution in [0.3, 0.4) is 0 Å². The van der Waals surface area contributed by atoms with Crippen molar-refractivity contribution in [1.29, 1.82) is 0 Å². The molecule has 3 aromatic rings. The smallest absolute Gasteiger partial charge is 0.406 e. The fraction of sp³-hybridized carbons (Fsp3) is 0.100. The second-order valence-electron chi connectivity index (χ2n) is 6.38. The molecule has 0 saturated carbocycles. The van der Waals surface area contributed by atoms with Crippen LogP contribution in [0.1, 0.15) is 0 Å². The van der Waals surface area contributed by atoms with Crippen molar-refractivity contribution in [2.75, 3.05) is 0 Å². The Morgan fingerprint density at radius 1 is 0.559 bits per heavy atom. The molecular formula is C20H6F10I2O2. The van der Waals surface area contributed by atoms with E-state index in [9.17, 15) is 35.1 Å². The van der Waals surface area contributed by atoms with Gasteiger partial charge in [-0.15, -0.1) is 26.3 Å². The Hall–Kier alpha value is -1.98. The molecule has 0 amide bonds. The van der Waals surface area contributed by atoms with E-state index in [4.69, 9.17) is 0 Å². The van der Waals surface area contributed by atoms with E-state index in [2.05, 4.69) is 9.47 Å². The Balaban J connectivity index is 2.12. The van der Waals surface area contributed by atoms with Crippen LogP contribution >= 0.6 is 45.2 Å². The quantitative estimate of drug-likeness (QED) is 0.153. The third-order valence-corrected chi connectivity index (χ3v) is 6.18. The van der Waals surface area contributed by atoms with E-state index in [-0.39, 0.29) is 0 Å². The summed E-state index contributed by atoms with van der Waals surface area (Å²) in [7, 11) is 0. The van der Waals surface area contributed by atoms with Crippen LogP contribution in [0.15, 0.2) is 36.4 Å². The minimum Gasteiger partial charge on any atom is -0.406 e. The van der Waals surface area contributed by atoms with E-state index in [1.807, 2.05) is 0 Å². The van der Waals surface area contributed by atoms with Crippen molar-refractivity contribution in [3.05, 3.63) is 66.8 Å². The van der Waals surface area contributed by atoms with Gasteiger partial charge in [-0.1, -0.05) is 0 Å². The predicted octanol–water partition coefficient (Wildman–Crippen LogP) is 8.58. The van der Waals surface area contributed by atoms with Crippen LogP contribution in [0.5, 0.6) is 11.5 Å². The summed E-state index contributed by atoms with van der Waals surface area (Å²) in [5, 5.41) is 0. The predicted molar refractivity (Wildman–Crippen MR) is 116 cm³/mol. The first-order valence-electron chi connectivity index (χ1n) is 8.56. The topological polar surface area (TPSA) is 18.5 Å². The maximum atomic E-state index is 15.2. The summed E-state index contributed by atoms with van der Waals surface area (Å²) in [5.74, 6) is -7.05. The maximum absolute atomic E-state index is 15.2. The number of alkyl halides is 6. The number of benzene rings is 3. The minimum atomic E-state index is -5.11. The molecular weight excluding hydrogens is 716 g/mol. The zero-order valence-electron chi connectivity index (χ0n) is 15.8. The van der Waals surface area contributed by atoms with Gasteiger partial charge in [0.2, 0.25) is 0 Å². The molecule has 0 aliphatic rings. The zero-order valence-corrected chi connectivity index (χ0v) is 20.1. The molecule has 0 aromatic heterocycles. The molecule has 0 atom stereocenters. The Bertz CT molecular complexity index is 1130. The number of hydrogen-bond donors (Lipinski definition) is 0. The van der Waals surface area contributed by atoms with Gasteiger partial charge >= 0.3 is 12.7 Å². The fourth-order valence-corrected chi connectivity index (χ4v) is 4.49. The third kappa shape index (κ3) is 5.80. The van der Waals surface area contributed by atoms with Gasteiger partial charge in [0, 0.05) is 34.4 Å². The molecule has 3 rings (SSSR count). The highest BCUT2D eigenvalue weighted by Crippen LogP contribution is 2.42. The van der Waals surface area contributed by atoms with Gasteiger partial charge in [0.05, 0.1) is 7.14 Å². The first-order chi connectivity index (χ1) is 15.6. The van der Waals surface area contributed by atoms with Crippen molar-refractivity contribution in [3.63, 3.8) is 0 Å². The van der Waals surface area contributed by atoms with Crippen molar-refractivity contribution >= 4 is 45.2 Å². The Morgan fingerprint density at radius 3 is 1.15 bits per heavy atom. The van der Waals surface area contributed by atoms with Gasteiger partial charge in [0.15, 0.2) is 0 Å². The summed E-state index contributed by atoms with van der Waals surface area (Å²) in [5.41, 5.74) is -2.51. The normalized spacial score (nSPS) is 12.1. The molecule has 14 heteroatoms. The van der Waals surface area contributed by atoms with E-state index in [1.54, 1.807) is 0 Å². The maximum Gasteiger partial charge on any atom is 0.573 e. The third-order valence-electron chi connectivity index (χ3n) is 4.15. The Morgan fingerprint density at radius 2 is 0.882 bits per heavy atom. The second-order valence-corrected chi connectivity index (χ2v) is 8.54. The van der Waals surface area contributed by atoms with E-state index in [1.165, 1.54) is 45.2 Å². The number of rotatable bonds is 4. The van der Waals surface area contributed by atoms with Crippen LogP contribution in [0.2, 0.25) is 0 Å². The summed E-state index contributed by atoms with van der Waals surface area (Å²) in [6.07, 6.45) is -10.2. The molecule has 34 heavy (non-hydrogen) atoms. The fourth-order valence-electron chi connectivity index (χ4n) is 2.90. The van der Waals surface area contributed by atoms with Gasteiger partial charge in [-0.3, -0.25) is 0 Å². The summed E-state index contributed by atoms with van der Waals surface area (Å²) in [4.78, 5) is 0. The average Bonchev–Trinajstić information content (AvgIpc) is 2.67. The van der Waals surface area contributed by atoms with Crippen LogP contribution in [-0.2, 0) is 0 Å². The van der Waals surface area contributed by atoms with E-state index in [0.717, 1.165) is 12.1 Å². The molecule has 0 unspecified atom stereocenters. The lowest BCUT2D eigenvalue weighted by atomic mass is 9.98. The molecule has 3 aromatic carbocycles. The molecule has 0 bridgehead atoms. The molecule has 0 aliphatic heterocycles. The van der Waals surface area contributed by atoms with Crippen molar-refractivity contribution < 1.29 is 53.4 Å². The molecule has 0 fully saturated rings. The van der Waals surface area contributed by atoms with Crippen molar-refractivity contribution in [2.45, 2.75) is 12.7 Å². The zero-order chi connectivity index (χ0) is 25.6. The molecule has 0 N–H and O–H groups in total. The van der Waals surface area contributed by atoms with E-state index >= 15 is 8.78 Å². The molecule has 0 aliphatic carbocycles. The van der Waals surface area contributed by atoms with Gasteiger partial charge in [0.1, 0.15) is 34.8 Å². The van der Waals surface area contributed by atoms with Crippen LogP contribution < -0.4 is 9.47 Å². The summed E-state index contributed by atoms with van der Waals surface area (Å²) < 4.78 is 139. The minimum absolute atomic E-state index is 0.329. The molecule has 0 spiro atoms. The van der Waals surface area contributed by atoms with Gasteiger partial charge in [-0.25, -0.2) is 17.6 Å². The molecule has 0 radical (unpaired) electrons. The van der Waals surface area contributed by atoms with E-state index < -0.39 is 76.9 Å². The molecule has 2 nitrogen and oxygen atoms in total. The summed E-state index contributed by atoms with van der Waals surface area (Å²) in [6, 6.07) is 3.54. The highest BCUT2D eigenvalue weighted by atomic mass is 127. The second kappa shape index (κ2) is 9.58. The Kier molecular flexibility index (Phi) is 7.50. The lowest BCUT2D eigenvalue weighted by molar-refractivity contribution is -0.275. The van der Waals surface area contributed by atoms with Crippen molar-refractivity contribution in [2.24, 2.45) is 0 Å². The summed E-state index contributed by atoms with van der Waals surface area (Å²) >= 11 is 2.59. The number of ether oxygens (including phenoxy) is 2. The van der Waals surface area contributed by atoms with Gasteiger partial charge in [0.25, 0.3) is 0 Å². The number of halogens is 12.